The molecule has 30 heavy (non-hydrogen) atoms. The first-order valence-electron chi connectivity index (χ1n) is 10.3. The minimum Gasteiger partial charge on any atom is -0.488 e. The van der Waals surface area contributed by atoms with E-state index in [9.17, 15) is 4.79 Å². The molecular weight excluding hydrogens is 491 g/mol. The quantitative estimate of drug-likeness (QED) is 0.362. The van der Waals surface area contributed by atoms with Gasteiger partial charge in [0, 0.05) is 26.1 Å². The van der Waals surface area contributed by atoms with Crippen molar-refractivity contribution in [2.45, 2.75) is 32.4 Å². The molecule has 0 bridgehead atoms. The number of aliphatic imine (C=N–C) groups is 1. The lowest BCUT2D eigenvalue weighted by molar-refractivity contribution is -0.130. The van der Waals surface area contributed by atoms with E-state index in [1.165, 1.54) is 16.7 Å². The van der Waals surface area contributed by atoms with Crippen molar-refractivity contribution >= 4 is 35.8 Å². The Labute approximate surface area is 195 Å². The molecule has 0 aliphatic carbocycles. The zero-order valence-corrected chi connectivity index (χ0v) is 19.6. The van der Waals surface area contributed by atoms with Gasteiger partial charge in [-0.2, -0.15) is 0 Å². The van der Waals surface area contributed by atoms with E-state index in [1.807, 2.05) is 36.1 Å². The van der Waals surface area contributed by atoms with Crippen LogP contribution < -0.4 is 15.4 Å². The van der Waals surface area contributed by atoms with E-state index in [0.29, 0.717) is 19.0 Å². The van der Waals surface area contributed by atoms with Crippen molar-refractivity contribution in [3.8, 4) is 5.75 Å². The summed E-state index contributed by atoms with van der Waals surface area (Å²) < 4.78 is 5.97. The fourth-order valence-electron chi connectivity index (χ4n) is 3.88. The first-order chi connectivity index (χ1) is 14.2. The van der Waals surface area contributed by atoms with Crippen LogP contribution in [0.2, 0.25) is 0 Å². The largest absolute Gasteiger partial charge is 0.488 e. The van der Waals surface area contributed by atoms with Gasteiger partial charge >= 0.3 is 0 Å². The molecule has 4 rings (SSSR count). The Morgan fingerprint density at radius 3 is 2.60 bits per heavy atom. The number of ether oxygens (including phenoxy) is 1. The standard InChI is InChI=1S/C23H28N4O2.HI/c1-2-24-23(25-14-20-13-18-8-5-6-10-21(18)29-20)26-15-22(28)27-12-11-17-7-3-4-9-19(17)16-27;/h3-10,20H,2,11-16H2,1H3,(H2,24,25,26);1H. The molecule has 0 saturated heterocycles. The second-order valence-corrected chi connectivity index (χ2v) is 7.46. The molecule has 2 aliphatic rings. The molecule has 1 amide bonds. The second-order valence-electron chi connectivity index (χ2n) is 7.46. The van der Waals surface area contributed by atoms with Gasteiger partial charge in [0.05, 0.1) is 6.54 Å². The van der Waals surface area contributed by atoms with Crippen molar-refractivity contribution in [2.75, 3.05) is 26.2 Å². The SMILES string of the molecule is CCNC(=NCC(=O)N1CCc2ccccc2C1)NCC1Cc2ccccc2O1.I. The van der Waals surface area contributed by atoms with Gasteiger partial charge in [-0.1, -0.05) is 42.5 Å². The van der Waals surface area contributed by atoms with Crippen LogP contribution in [0.25, 0.3) is 0 Å². The summed E-state index contributed by atoms with van der Waals surface area (Å²) in [6.07, 6.45) is 1.86. The number of para-hydroxylation sites is 1. The molecule has 2 aliphatic heterocycles. The van der Waals surface area contributed by atoms with Crippen molar-refractivity contribution in [3.05, 3.63) is 65.2 Å². The zero-order valence-electron chi connectivity index (χ0n) is 17.3. The summed E-state index contributed by atoms with van der Waals surface area (Å²) in [7, 11) is 0. The van der Waals surface area contributed by atoms with Crippen LogP contribution in [0.1, 0.15) is 23.6 Å². The lowest BCUT2D eigenvalue weighted by Gasteiger charge is -2.28. The van der Waals surface area contributed by atoms with Crippen molar-refractivity contribution in [2.24, 2.45) is 4.99 Å². The summed E-state index contributed by atoms with van der Waals surface area (Å²) >= 11 is 0. The maximum absolute atomic E-state index is 12.7. The van der Waals surface area contributed by atoms with E-state index in [0.717, 1.165) is 31.7 Å². The molecular formula is C23H29IN4O2. The number of nitrogens with zero attached hydrogens (tertiary/aromatic N) is 2. The molecule has 7 heteroatoms. The van der Waals surface area contributed by atoms with Crippen molar-refractivity contribution in [1.82, 2.24) is 15.5 Å². The average molecular weight is 520 g/mol. The number of nitrogens with one attached hydrogen (secondary N) is 2. The number of rotatable bonds is 5. The Morgan fingerprint density at radius 1 is 1.10 bits per heavy atom. The summed E-state index contributed by atoms with van der Waals surface area (Å²) in [6.45, 7) is 4.96. The average Bonchev–Trinajstić information content (AvgIpc) is 3.18. The van der Waals surface area contributed by atoms with Crippen LogP contribution in [0.15, 0.2) is 53.5 Å². The van der Waals surface area contributed by atoms with Crippen LogP contribution in [0.4, 0.5) is 0 Å². The Hall–Kier alpha value is -2.29. The molecule has 0 fully saturated rings. The van der Waals surface area contributed by atoms with Crippen LogP contribution in [0.5, 0.6) is 5.75 Å². The first kappa shape index (κ1) is 22.4. The monoisotopic (exact) mass is 520 g/mol. The van der Waals surface area contributed by atoms with Crippen LogP contribution in [0.3, 0.4) is 0 Å². The highest BCUT2D eigenvalue weighted by molar-refractivity contribution is 14.0. The second kappa shape index (κ2) is 10.7. The van der Waals surface area contributed by atoms with Gasteiger partial charge in [-0.15, -0.1) is 24.0 Å². The highest BCUT2D eigenvalue weighted by Gasteiger charge is 2.23. The topological polar surface area (TPSA) is 66.0 Å². The lowest BCUT2D eigenvalue weighted by Crippen LogP contribution is -2.43. The molecule has 2 aromatic carbocycles. The highest BCUT2D eigenvalue weighted by atomic mass is 127. The molecule has 2 heterocycles. The van der Waals surface area contributed by atoms with E-state index in [4.69, 9.17) is 4.74 Å². The molecule has 2 aromatic rings. The molecule has 6 nitrogen and oxygen atoms in total. The Bertz CT molecular complexity index is 877. The fraction of sp³-hybridized carbons (Fsp3) is 0.391. The number of carbonyl (C=O) groups excluding carboxylic acids is 1. The molecule has 0 spiro atoms. The van der Waals surface area contributed by atoms with Crippen molar-refractivity contribution in [1.29, 1.82) is 0 Å². The van der Waals surface area contributed by atoms with Crippen LogP contribution in [-0.4, -0.2) is 49.0 Å². The van der Waals surface area contributed by atoms with Gasteiger partial charge in [0.2, 0.25) is 5.91 Å². The summed E-state index contributed by atoms with van der Waals surface area (Å²) in [5, 5.41) is 6.53. The number of guanidine groups is 1. The zero-order chi connectivity index (χ0) is 20.1. The third kappa shape index (κ3) is 5.44. The lowest BCUT2D eigenvalue weighted by atomic mass is 10.00. The van der Waals surface area contributed by atoms with Gasteiger partial charge in [-0.05, 0) is 36.1 Å². The van der Waals surface area contributed by atoms with E-state index >= 15 is 0 Å². The van der Waals surface area contributed by atoms with Crippen molar-refractivity contribution < 1.29 is 9.53 Å². The maximum Gasteiger partial charge on any atom is 0.244 e. The maximum atomic E-state index is 12.7. The molecule has 1 atom stereocenters. The van der Waals surface area contributed by atoms with E-state index in [2.05, 4.69) is 39.9 Å². The smallest absolute Gasteiger partial charge is 0.244 e. The minimum atomic E-state index is 0. The van der Waals surface area contributed by atoms with Gasteiger partial charge in [0.25, 0.3) is 0 Å². The summed E-state index contributed by atoms with van der Waals surface area (Å²) in [5.41, 5.74) is 3.81. The normalized spacial score (nSPS) is 17.3. The molecule has 2 N–H and O–H groups in total. The van der Waals surface area contributed by atoms with Gasteiger partial charge in [0.1, 0.15) is 18.4 Å². The van der Waals surface area contributed by atoms with Crippen LogP contribution in [0, 0.1) is 0 Å². The van der Waals surface area contributed by atoms with E-state index in [-0.39, 0.29) is 42.5 Å². The van der Waals surface area contributed by atoms with Crippen molar-refractivity contribution in [3.63, 3.8) is 0 Å². The minimum absolute atomic E-state index is 0. The number of amides is 1. The Balaban J connectivity index is 0.00000256. The van der Waals surface area contributed by atoms with Crippen LogP contribution in [-0.2, 0) is 24.2 Å². The number of halogens is 1. The number of carbonyl (C=O) groups is 1. The first-order valence-corrected chi connectivity index (χ1v) is 10.3. The summed E-state index contributed by atoms with van der Waals surface area (Å²) in [6, 6.07) is 16.5. The molecule has 1 unspecified atom stereocenters. The fourth-order valence-corrected chi connectivity index (χ4v) is 3.88. The molecule has 160 valence electrons. The number of hydrogen-bond acceptors (Lipinski definition) is 3. The molecule has 0 aromatic heterocycles. The van der Waals surface area contributed by atoms with Gasteiger partial charge < -0.3 is 20.3 Å². The summed E-state index contributed by atoms with van der Waals surface area (Å²) in [5.74, 6) is 1.67. The third-order valence-electron chi connectivity index (χ3n) is 5.41. The Kier molecular flexibility index (Phi) is 7.95. The highest BCUT2D eigenvalue weighted by Crippen LogP contribution is 2.27. The predicted octanol–water partition coefficient (Wildman–Crippen LogP) is 2.75. The predicted molar refractivity (Wildman–Crippen MR) is 130 cm³/mol. The number of fused-ring (bicyclic) bond motifs is 2. The van der Waals surface area contributed by atoms with Gasteiger partial charge in [-0.25, -0.2) is 4.99 Å². The number of hydrogen-bond donors (Lipinski definition) is 2. The third-order valence-corrected chi connectivity index (χ3v) is 5.41. The summed E-state index contributed by atoms with van der Waals surface area (Å²) in [4.78, 5) is 19.1. The van der Waals surface area contributed by atoms with E-state index in [1.54, 1.807) is 0 Å². The van der Waals surface area contributed by atoms with Crippen LogP contribution >= 0.6 is 24.0 Å². The number of benzene rings is 2. The van der Waals surface area contributed by atoms with Gasteiger partial charge in [-0.3, -0.25) is 4.79 Å². The van der Waals surface area contributed by atoms with E-state index < -0.39 is 0 Å². The Morgan fingerprint density at radius 2 is 1.83 bits per heavy atom. The molecule has 0 radical (unpaired) electrons. The van der Waals surface area contributed by atoms with Gasteiger partial charge in [0.15, 0.2) is 5.96 Å². The molecule has 0 saturated carbocycles.